The van der Waals surface area contributed by atoms with Gasteiger partial charge in [-0.1, -0.05) is 32.0 Å². The first-order chi connectivity index (χ1) is 12.8. The molecule has 3 rings (SSSR count). The van der Waals surface area contributed by atoms with Crippen LogP contribution in [0.4, 0.5) is 4.79 Å². The number of imide groups is 1. The smallest absolute Gasteiger partial charge is 0.344 e. The van der Waals surface area contributed by atoms with Crippen LogP contribution in [0.1, 0.15) is 45.6 Å². The number of benzene rings is 1. The first-order valence-electron chi connectivity index (χ1n) is 9.31. The van der Waals surface area contributed by atoms with Gasteiger partial charge in [-0.2, -0.15) is 5.01 Å². The molecule has 0 saturated carbocycles. The Balaban J connectivity index is 1.59. The molecule has 27 heavy (non-hydrogen) atoms. The van der Waals surface area contributed by atoms with Gasteiger partial charge in [0.05, 0.1) is 0 Å². The van der Waals surface area contributed by atoms with E-state index in [1.807, 2.05) is 30.5 Å². The molecule has 2 heterocycles. The van der Waals surface area contributed by atoms with Crippen molar-refractivity contribution >= 4 is 28.7 Å². The number of hydrogen-bond donors (Lipinski definition) is 3. The van der Waals surface area contributed by atoms with Gasteiger partial charge in [0.1, 0.15) is 5.54 Å². The Kier molecular flexibility index (Phi) is 5.21. The molecule has 1 fully saturated rings. The Bertz CT molecular complexity index is 873. The maximum atomic E-state index is 12.6. The minimum atomic E-state index is -0.967. The van der Waals surface area contributed by atoms with E-state index in [0.29, 0.717) is 18.8 Å². The molecule has 1 unspecified atom stereocenters. The van der Waals surface area contributed by atoms with Gasteiger partial charge >= 0.3 is 6.03 Å². The maximum absolute atomic E-state index is 12.6. The SMILES string of the molecule is CC(C)CCC1(C)NC(=O)N(NC(=O)CCc2c[nH]c3ccccc23)C1=O. The van der Waals surface area contributed by atoms with Gasteiger partial charge in [-0.25, -0.2) is 4.79 Å². The number of para-hydroxylation sites is 1. The van der Waals surface area contributed by atoms with Crippen molar-refractivity contribution < 1.29 is 14.4 Å². The predicted molar refractivity (Wildman–Crippen MR) is 103 cm³/mol. The van der Waals surface area contributed by atoms with E-state index < -0.39 is 17.5 Å². The van der Waals surface area contributed by atoms with Gasteiger partial charge in [-0.15, -0.1) is 0 Å². The minimum Gasteiger partial charge on any atom is -0.361 e. The number of urea groups is 1. The Morgan fingerprint density at radius 1 is 1.26 bits per heavy atom. The zero-order valence-electron chi connectivity index (χ0n) is 16.0. The fourth-order valence-corrected chi connectivity index (χ4v) is 3.30. The van der Waals surface area contributed by atoms with Crippen LogP contribution in [-0.4, -0.2) is 33.4 Å². The fourth-order valence-electron chi connectivity index (χ4n) is 3.30. The fraction of sp³-hybridized carbons (Fsp3) is 0.450. The van der Waals surface area contributed by atoms with Crippen LogP contribution >= 0.6 is 0 Å². The standard InChI is InChI=1S/C20H26N4O3/c1-13(2)10-11-20(3)18(26)24(19(27)22-20)23-17(25)9-8-14-12-21-16-7-5-4-6-15(14)16/h4-7,12-13,21H,8-11H2,1-3H3,(H,22,27)(H,23,25). The molecule has 7 heteroatoms. The number of amides is 4. The van der Waals surface area contributed by atoms with Crippen LogP contribution in [0.25, 0.3) is 10.9 Å². The number of aromatic nitrogens is 1. The van der Waals surface area contributed by atoms with E-state index in [2.05, 4.69) is 29.6 Å². The Morgan fingerprint density at radius 3 is 2.74 bits per heavy atom. The molecule has 0 radical (unpaired) electrons. The van der Waals surface area contributed by atoms with E-state index in [9.17, 15) is 14.4 Å². The summed E-state index contributed by atoms with van der Waals surface area (Å²) in [6.45, 7) is 5.83. The zero-order valence-corrected chi connectivity index (χ0v) is 16.0. The molecule has 1 aliphatic rings. The van der Waals surface area contributed by atoms with Gasteiger partial charge in [0.2, 0.25) is 5.91 Å². The van der Waals surface area contributed by atoms with Crippen molar-refractivity contribution in [3.63, 3.8) is 0 Å². The molecule has 0 spiro atoms. The summed E-state index contributed by atoms with van der Waals surface area (Å²) in [5.74, 6) is -0.350. The predicted octanol–water partition coefficient (Wildman–Crippen LogP) is 2.88. The second-order valence-corrected chi connectivity index (χ2v) is 7.73. The molecular formula is C20H26N4O3. The Labute approximate surface area is 158 Å². The third-order valence-electron chi connectivity index (χ3n) is 5.02. The Morgan fingerprint density at radius 2 is 2.00 bits per heavy atom. The third kappa shape index (κ3) is 3.97. The van der Waals surface area contributed by atoms with Crippen LogP contribution in [0.15, 0.2) is 30.5 Å². The van der Waals surface area contributed by atoms with Gasteiger partial charge in [0, 0.05) is 23.5 Å². The molecule has 3 N–H and O–H groups in total. The van der Waals surface area contributed by atoms with E-state index in [-0.39, 0.29) is 12.3 Å². The number of H-pyrrole nitrogens is 1. The van der Waals surface area contributed by atoms with Crippen LogP contribution in [0, 0.1) is 5.92 Å². The number of carbonyl (C=O) groups is 3. The van der Waals surface area contributed by atoms with Gasteiger partial charge in [-0.3, -0.25) is 15.0 Å². The van der Waals surface area contributed by atoms with Crippen LogP contribution in [0.2, 0.25) is 0 Å². The van der Waals surface area contributed by atoms with Crippen molar-refractivity contribution in [3.05, 3.63) is 36.0 Å². The topological polar surface area (TPSA) is 94.3 Å². The molecule has 2 aromatic rings. The van der Waals surface area contributed by atoms with Crippen molar-refractivity contribution in [2.45, 2.75) is 52.0 Å². The molecule has 1 saturated heterocycles. The van der Waals surface area contributed by atoms with Crippen molar-refractivity contribution in [2.75, 3.05) is 0 Å². The van der Waals surface area contributed by atoms with Crippen molar-refractivity contribution in [2.24, 2.45) is 5.92 Å². The summed E-state index contributed by atoms with van der Waals surface area (Å²) in [5.41, 5.74) is 3.53. The summed E-state index contributed by atoms with van der Waals surface area (Å²) in [6.07, 6.45) is 3.93. The Hall–Kier alpha value is -2.83. The van der Waals surface area contributed by atoms with E-state index in [4.69, 9.17) is 0 Å². The lowest BCUT2D eigenvalue weighted by molar-refractivity contribution is -0.138. The molecule has 0 bridgehead atoms. The highest BCUT2D eigenvalue weighted by atomic mass is 16.2. The van der Waals surface area contributed by atoms with E-state index in [1.54, 1.807) is 6.92 Å². The average Bonchev–Trinajstić information content (AvgIpc) is 3.13. The lowest BCUT2D eigenvalue weighted by Crippen LogP contribution is -2.48. The van der Waals surface area contributed by atoms with Gasteiger partial charge < -0.3 is 10.3 Å². The molecule has 7 nitrogen and oxygen atoms in total. The second kappa shape index (κ2) is 7.42. The largest absolute Gasteiger partial charge is 0.361 e. The van der Waals surface area contributed by atoms with E-state index >= 15 is 0 Å². The number of hydrazine groups is 1. The summed E-state index contributed by atoms with van der Waals surface area (Å²) in [7, 11) is 0. The lowest BCUT2D eigenvalue weighted by Gasteiger charge is -2.22. The number of rotatable bonds is 7. The third-order valence-corrected chi connectivity index (χ3v) is 5.02. The molecule has 1 aromatic heterocycles. The first kappa shape index (κ1) is 18.9. The number of carbonyl (C=O) groups excluding carboxylic acids is 3. The van der Waals surface area contributed by atoms with Crippen molar-refractivity contribution in [3.8, 4) is 0 Å². The lowest BCUT2D eigenvalue weighted by atomic mass is 9.92. The van der Waals surface area contributed by atoms with Gasteiger partial charge in [0.15, 0.2) is 0 Å². The number of aryl methyl sites for hydroxylation is 1. The van der Waals surface area contributed by atoms with Crippen LogP contribution in [0.3, 0.4) is 0 Å². The molecule has 4 amide bonds. The summed E-state index contributed by atoms with van der Waals surface area (Å²) >= 11 is 0. The highest BCUT2D eigenvalue weighted by molar-refractivity contribution is 6.07. The summed E-state index contributed by atoms with van der Waals surface area (Å²) < 4.78 is 0. The molecular weight excluding hydrogens is 344 g/mol. The summed E-state index contributed by atoms with van der Waals surface area (Å²) in [4.78, 5) is 40.3. The average molecular weight is 370 g/mol. The minimum absolute atomic E-state index is 0.182. The molecule has 1 aliphatic heterocycles. The van der Waals surface area contributed by atoms with Gasteiger partial charge in [-0.05, 0) is 43.7 Å². The number of nitrogens with zero attached hydrogens (tertiary/aromatic N) is 1. The molecule has 144 valence electrons. The normalized spacial score (nSPS) is 19.8. The van der Waals surface area contributed by atoms with Crippen molar-refractivity contribution in [1.82, 2.24) is 20.7 Å². The molecule has 1 atom stereocenters. The quantitative estimate of drug-likeness (QED) is 0.654. The van der Waals surface area contributed by atoms with Crippen LogP contribution < -0.4 is 10.7 Å². The van der Waals surface area contributed by atoms with Crippen molar-refractivity contribution in [1.29, 1.82) is 0 Å². The van der Waals surface area contributed by atoms with Gasteiger partial charge in [0.25, 0.3) is 5.91 Å². The molecule has 1 aromatic carbocycles. The number of hydrogen-bond acceptors (Lipinski definition) is 3. The monoisotopic (exact) mass is 370 g/mol. The van der Waals surface area contributed by atoms with E-state index in [1.165, 1.54) is 0 Å². The number of fused-ring (bicyclic) bond motifs is 1. The maximum Gasteiger partial charge on any atom is 0.344 e. The highest BCUT2D eigenvalue weighted by Crippen LogP contribution is 2.24. The van der Waals surface area contributed by atoms with Crippen LogP contribution in [0.5, 0.6) is 0 Å². The highest BCUT2D eigenvalue weighted by Gasteiger charge is 2.48. The first-order valence-corrected chi connectivity index (χ1v) is 9.31. The number of aromatic amines is 1. The second-order valence-electron chi connectivity index (χ2n) is 7.73. The molecule has 0 aliphatic carbocycles. The van der Waals surface area contributed by atoms with E-state index in [0.717, 1.165) is 27.9 Å². The summed E-state index contributed by atoms with van der Waals surface area (Å²) in [5, 5.41) is 4.59. The van der Waals surface area contributed by atoms with Crippen LogP contribution in [-0.2, 0) is 16.0 Å². The zero-order chi connectivity index (χ0) is 19.6. The number of nitrogens with one attached hydrogen (secondary N) is 3. The summed E-state index contributed by atoms with van der Waals surface area (Å²) in [6, 6.07) is 7.29.